The van der Waals surface area contributed by atoms with E-state index >= 15 is 24.0 Å². The lowest BCUT2D eigenvalue weighted by Crippen LogP contribution is -2.66. The Kier molecular flexibility index (Phi) is 27.9. The lowest BCUT2D eigenvalue weighted by molar-refractivity contribution is -0.277. The number of fused-ring (bicyclic) bond motifs is 14. The molecule has 8 heterocycles. The van der Waals surface area contributed by atoms with Gasteiger partial charge in [-0.05, 0) is 120 Å². The van der Waals surface area contributed by atoms with Crippen molar-refractivity contribution in [2.45, 2.75) is 181 Å². The zero-order valence-corrected chi connectivity index (χ0v) is 68.5. The number of aromatic hydroxyl groups is 4. The number of hydrogen-bond donors (Lipinski definition) is 19. The molecule has 15 rings (SSSR count). The number of aliphatic hydroxyl groups excluding tert-OH is 7. The summed E-state index contributed by atoms with van der Waals surface area (Å²) in [4.78, 5) is 137. The minimum absolute atomic E-state index is 0.122. The molecule has 0 radical (unpaired) electrons. The number of likely N-dealkylation sites (N-methyl/N-ethyl adjacent to an activating group) is 1. The molecule has 8 aliphatic heterocycles. The van der Waals surface area contributed by atoms with Crippen molar-refractivity contribution in [1.82, 2.24) is 42.5 Å². The van der Waals surface area contributed by atoms with E-state index in [0.717, 1.165) is 119 Å². The molecule has 7 aromatic rings. The van der Waals surface area contributed by atoms with Crippen LogP contribution in [0.25, 0.3) is 11.1 Å². The van der Waals surface area contributed by atoms with Crippen LogP contribution in [0.5, 0.6) is 69.0 Å². The highest BCUT2D eigenvalue weighted by atomic mass is 35.5. The molecule has 19 N–H and O–H groups in total. The zero-order chi connectivity index (χ0) is 89.0. The lowest BCUT2D eigenvalue weighted by Gasteiger charge is -2.41. The van der Waals surface area contributed by atoms with Gasteiger partial charge in [-0.2, -0.15) is 0 Å². The number of ether oxygens (including phenoxy) is 9. The molecule has 660 valence electrons. The number of esters is 2. The molecule has 7 amide bonds. The molecule has 0 spiro atoms. The molecular weight excluding hydrogens is 1670 g/mol. The second-order valence-corrected chi connectivity index (χ2v) is 31.7. The van der Waals surface area contributed by atoms with E-state index in [0.29, 0.717) is 24.3 Å². The fraction of sp³-hybridized carbons (Fsp3) is 0.400. The number of carbonyl (C=O) groups is 9. The van der Waals surface area contributed by atoms with Crippen molar-refractivity contribution < 1.29 is 142 Å². The van der Waals surface area contributed by atoms with Crippen LogP contribution in [-0.4, -0.2) is 211 Å². The van der Waals surface area contributed by atoms with Gasteiger partial charge in [-0.15, -0.1) is 0 Å². The standard InChI is InChI=1S/C85H92Cl2N8O29/c1-35(2)12-10-8-6-7-9-11-13-58(101)90-67-70(104)72(106)75(83(115)117-5)124-84(67)123-74-55-28-40-29-56(74)120-52-23-18-39(26-47(52)86)68(102)66-81(113)94-65(82(114)116-4)45-30-41(97)31-54(121-85-73(107)71(105)69(103)57(34-96)122-85)59(45)44-25-37(16-21-49(44)98)62(78(110)95-66)91-79(111)63(40)92-80(112)64-46-32-43(33-51(100)60(46)87)119-53-27-38(17-22-50(53)99)61(88-3)77(109)89-48(76(108)93-64)24-36-14-19-42(118-55)20-15-36/h14-23,25-33,35,48,57,61-73,75,84-85,88,96-100,102-107H,6-13,24,34H2,1-5H3,(H,89,109)(H,90,101)(H,91,111)(H,92,112)(H,93,108)(H,94,113)(H,95,110)/t48-,57-,61-,62-,63-,64+,65+,66+,67-,68-,69-,70-,71+,72+,73+,75+,84-,85+/m1/s1. The maximum atomic E-state index is 16.8. The highest BCUT2D eigenvalue weighted by molar-refractivity contribution is 6.33. The third kappa shape index (κ3) is 19.4. The van der Waals surface area contributed by atoms with Crippen LogP contribution in [0.15, 0.2) is 115 Å². The van der Waals surface area contributed by atoms with Gasteiger partial charge >= 0.3 is 11.9 Å². The Morgan fingerprint density at radius 1 is 0.532 bits per heavy atom. The number of aliphatic hydroxyl groups is 7. The number of methoxy groups -OCH3 is 2. The second kappa shape index (κ2) is 38.5. The Hall–Kier alpha value is -11.9. The van der Waals surface area contributed by atoms with Crippen LogP contribution in [0, 0.1) is 5.92 Å². The Labute approximate surface area is 717 Å². The van der Waals surface area contributed by atoms with Gasteiger partial charge in [-0.25, -0.2) is 9.59 Å². The van der Waals surface area contributed by atoms with E-state index in [1.54, 1.807) is 0 Å². The van der Waals surface area contributed by atoms with Gasteiger partial charge < -0.3 is 141 Å². The highest BCUT2D eigenvalue weighted by Crippen LogP contribution is 2.51. The molecule has 39 heteroatoms. The van der Waals surface area contributed by atoms with Gasteiger partial charge in [0.1, 0.15) is 125 Å². The van der Waals surface area contributed by atoms with Crippen molar-refractivity contribution in [2.24, 2.45) is 5.92 Å². The van der Waals surface area contributed by atoms with Crippen LogP contribution < -0.4 is 66.2 Å². The third-order valence-corrected chi connectivity index (χ3v) is 22.7. The van der Waals surface area contributed by atoms with Gasteiger partial charge in [0.15, 0.2) is 35.1 Å². The van der Waals surface area contributed by atoms with Gasteiger partial charge in [0.2, 0.25) is 59.7 Å². The van der Waals surface area contributed by atoms with E-state index < -0.39 is 271 Å². The van der Waals surface area contributed by atoms with Gasteiger partial charge in [0, 0.05) is 47.2 Å². The first kappa shape index (κ1) is 89.9. The maximum Gasteiger partial charge on any atom is 0.337 e. The summed E-state index contributed by atoms with van der Waals surface area (Å²) in [5, 5.41) is 147. The first-order chi connectivity index (χ1) is 59.2. The molecule has 0 aromatic heterocycles. The first-order valence-electron chi connectivity index (χ1n) is 39.7. The fourth-order valence-electron chi connectivity index (χ4n) is 15.4. The summed E-state index contributed by atoms with van der Waals surface area (Å²) in [6.45, 7) is 3.31. The summed E-state index contributed by atoms with van der Waals surface area (Å²) in [6.07, 6.45) is -15.4. The molecule has 17 bridgehead atoms. The SMILES string of the molecule is CN[C@H]1C(=O)N[C@@H]2Cc3ccc(cc3)Oc3cc4cc(c3O[C@@H]3O[C@H](C(=O)OC)[C@@H](O)[C@H](O)[C@H]3NC(=O)CCCCCCCCC(C)C)Oc3ccc(cc3Cl)[C@@H](O)[C@@H]3NC(=O)[C@H](NC(=O)[C@@H]4NC(=O)[C@@H](NC2=O)c2cc(cc(O)c2Cl)Oc2cc1ccc2O)c1ccc(O)c(c1)-c1c(O[C@H]2O[C@H](CO)[C@@H](O)[C@H](O)[C@@H]2O)cc(O)cc1[C@@H](C(=O)OC)NC3=O. The Morgan fingerprint density at radius 3 is 1.86 bits per heavy atom. The minimum Gasteiger partial charge on any atom is -0.508 e. The van der Waals surface area contributed by atoms with Gasteiger partial charge in [-0.1, -0.05) is 106 Å². The molecule has 2 saturated heterocycles. The van der Waals surface area contributed by atoms with Crippen molar-refractivity contribution in [2.75, 3.05) is 27.9 Å². The molecular formula is C85H92Cl2N8O29. The summed E-state index contributed by atoms with van der Waals surface area (Å²) >= 11 is 14.3. The van der Waals surface area contributed by atoms with E-state index in [2.05, 4.69) is 56.4 Å². The number of halogens is 2. The molecule has 0 unspecified atom stereocenters. The minimum atomic E-state index is -2.44. The van der Waals surface area contributed by atoms with Crippen LogP contribution in [0.1, 0.15) is 140 Å². The second-order valence-electron chi connectivity index (χ2n) is 31.0. The molecule has 0 aliphatic carbocycles. The maximum absolute atomic E-state index is 16.8. The first-order valence-corrected chi connectivity index (χ1v) is 40.4. The van der Waals surface area contributed by atoms with E-state index in [4.69, 9.17) is 65.8 Å². The van der Waals surface area contributed by atoms with Crippen molar-refractivity contribution in [3.63, 3.8) is 0 Å². The van der Waals surface area contributed by atoms with E-state index in [9.17, 15) is 75.3 Å². The van der Waals surface area contributed by atoms with E-state index in [1.807, 2.05) is 0 Å². The van der Waals surface area contributed by atoms with Crippen LogP contribution >= 0.6 is 23.2 Å². The molecule has 124 heavy (non-hydrogen) atoms. The van der Waals surface area contributed by atoms with Crippen LogP contribution in [0.3, 0.4) is 0 Å². The molecule has 7 aromatic carbocycles. The van der Waals surface area contributed by atoms with Gasteiger partial charge in [-0.3, -0.25) is 33.6 Å². The summed E-state index contributed by atoms with van der Waals surface area (Å²) < 4.78 is 54.8. The molecule has 18 atom stereocenters. The third-order valence-electron chi connectivity index (χ3n) is 22.0. The Morgan fingerprint density at radius 2 is 1.17 bits per heavy atom. The highest BCUT2D eigenvalue weighted by Gasteiger charge is 2.52. The summed E-state index contributed by atoms with van der Waals surface area (Å²) in [6, 6.07) is 5.60. The number of benzene rings is 7. The zero-order valence-electron chi connectivity index (χ0n) is 67.0. The van der Waals surface area contributed by atoms with E-state index in [-0.39, 0.29) is 34.8 Å². The smallest absolute Gasteiger partial charge is 0.337 e. The molecule has 37 nitrogen and oxygen atoms in total. The van der Waals surface area contributed by atoms with Crippen molar-refractivity contribution >= 4 is 76.5 Å². The van der Waals surface area contributed by atoms with Gasteiger partial charge in [0.05, 0.1) is 30.9 Å². The Balaban J connectivity index is 1.04. The van der Waals surface area contributed by atoms with Crippen LogP contribution in [0.4, 0.5) is 0 Å². The number of phenolic OH excluding ortho intramolecular Hbond substituents is 4. The predicted octanol–water partition coefficient (Wildman–Crippen LogP) is 4.36. The largest absolute Gasteiger partial charge is 0.508 e. The number of hydrogen-bond acceptors (Lipinski definition) is 30. The molecule has 2 fully saturated rings. The number of rotatable bonds is 18. The number of nitrogens with one attached hydrogen (secondary N) is 8. The van der Waals surface area contributed by atoms with Crippen LogP contribution in [0.2, 0.25) is 10.0 Å². The average Bonchev–Trinajstić information content (AvgIpc) is 0.760. The summed E-state index contributed by atoms with van der Waals surface area (Å²) in [5.74, 6) is -17.1. The fourth-order valence-corrected chi connectivity index (χ4v) is 15.9. The van der Waals surface area contributed by atoms with Crippen molar-refractivity contribution in [3.8, 4) is 80.1 Å². The molecule has 0 saturated carbocycles. The topological polar surface area (TPSA) is 555 Å². The molecule has 8 aliphatic rings. The number of amides is 7. The Bertz CT molecular complexity index is 5240. The average molecular weight is 1760 g/mol. The normalized spacial score (nSPS) is 26.2. The number of unbranched alkanes of at least 4 members (excludes halogenated alkanes) is 5. The quantitative estimate of drug-likeness (QED) is 0.0419. The number of carbonyl (C=O) groups excluding carboxylic acids is 9. The number of phenols is 4. The van der Waals surface area contributed by atoms with E-state index in [1.165, 1.54) is 49.5 Å². The lowest BCUT2D eigenvalue weighted by atomic mass is 9.89. The predicted molar refractivity (Wildman–Crippen MR) is 432 cm³/mol. The monoisotopic (exact) mass is 1760 g/mol. The van der Waals surface area contributed by atoms with Crippen LogP contribution in [-0.2, 0) is 68.5 Å². The summed E-state index contributed by atoms with van der Waals surface area (Å²) in [5.41, 5.74) is -2.79. The van der Waals surface area contributed by atoms with Crippen molar-refractivity contribution in [3.05, 3.63) is 164 Å². The summed E-state index contributed by atoms with van der Waals surface area (Å²) in [7, 11) is 3.29. The van der Waals surface area contributed by atoms with Gasteiger partial charge in [0.25, 0.3) is 0 Å². The van der Waals surface area contributed by atoms with Crippen molar-refractivity contribution in [1.29, 1.82) is 0 Å².